The summed E-state index contributed by atoms with van der Waals surface area (Å²) in [6.45, 7) is 0.323. The first-order chi connectivity index (χ1) is 14.7. The topological polar surface area (TPSA) is 59.3 Å². The molecule has 1 heterocycles. The number of hydrogen-bond donors (Lipinski definition) is 2. The fourth-order valence-electron chi connectivity index (χ4n) is 3.13. The first-order valence-corrected chi connectivity index (χ1v) is 9.63. The Bertz CT molecular complexity index is 989. The number of benzene rings is 2. The van der Waals surface area contributed by atoms with Crippen molar-refractivity contribution in [3.63, 3.8) is 0 Å². The van der Waals surface area contributed by atoms with Gasteiger partial charge in [0.25, 0.3) is 0 Å². The molecule has 0 bridgehead atoms. The minimum atomic E-state index is -4.86. The van der Waals surface area contributed by atoms with Crippen molar-refractivity contribution < 1.29 is 27.4 Å². The van der Waals surface area contributed by atoms with Gasteiger partial charge in [0, 0.05) is 38.0 Å². The Morgan fingerprint density at radius 3 is 2.42 bits per heavy atom. The molecule has 1 atom stereocenters. The van der Waals surface area contributed by atoms with Crippen LogP contribution in [0.15, 0.2) is 60.9 Å². The molecule has 0 amide bonds. The molecule has 0 aliphatic carbocycles. The number of hydrogen-bond acceptors (Lipinski definition) is 4. The van der Waals surface area contributed by atoms with Gasteiger partial charge < -0.3 is 19.7 Å². The zero-order valence-corrected chi connectivity index (χ0v) is 16.9. The van der Waals surface area contributed by atoms with Crippen molar-refractivity contribution in [3.05, 3.63) is 83.7 Å². The molecule has 0 aliphatic rings. The summed E-state index contributed by atoms with van der Waals surface area (Å²) < 4.78 is 60.8. The van der Waals surface area contributed by atoms with Crippen molar-refractivity contribution >= 4 is 0 Å². The van der Waals surface area contributed by atoms with Crippen LogP contribution in [0.1, 0.15) is 23.4 Å². The van der Waals surface area contributed by atoms with E-state index < -0.39 is 24.0 Å². The van der Waals surface area contributed by atoms with Crippen LogP contribution in [0.3, 0.4) is 0 Å². The number of aryl methyl sites for hydroxylation is 1. The normalized spacial score (nSPS) is 13.7. The lowest BCUT2D eigenvalue weighted by Gasteiger charge is -2.30. The SMILES string of the molecule is Cn1ccnc1C(O)(CCNCc1ccc(OCc2ccccc2F)cc1)C(F)(F)F. The fourth-order valence-corrected chi connectivity index (χ4v) is 3.13. The lowest BCUT2D eigenvalue weighted by atomic mass is 9.97. The summed E-state index contributed by atoms with van der Waals surface area (Å²) >= 11 is 0. The monoisotopic (exact) mass is 437 g/mol. The van der Waals surface area contributed by atoms with Crippen molar-refractivity contribution in [1.29, 1.82) is 0 Å². The number of ether oxygens (including phenoxy) is 1. The first-order valence-electron chi connectivity index (χ1n) is 9.63. The van der Waals surface area contributed by atoms with Crippen LogP contribution in [0.4, 0.5) is 17.6 Å². The van der Waals surface area contributed by atoms with Crippen molar-refractivity contribution in [3.8, 4) is 5.75 Å². The van der Waals surface area contributed by atoms with Gasteiger partial charge in [-0.25, -0.2) is 9.37 Å². The average molecular weight is 437 g/mol. The van der Waals surface area contributed by atoms with E-state index in [2.05, 4.69) is 10.3 Å². The van der Waals surface area contributed by atoms with Crippen LogP contribution in [0.25, 0.3) is 0 Å². The van der Waals surface area contributed by atoms with Crippen molar-refractivity contribution in [2.75, 3.05) is 6.54 Å². The smallest absolute Gasteiger partial charge is 0.424 e. The number of aromatic nitrogens is 2. The minimum absolute atomic E-state index is 0.0750. The van der Waals surface area contributed by atoms with Gasteiger partial charge >= 0.3 is 6.18 Å². The zero-order chi connectivity index (χ0) is 22.5. The molecule has 3 aromatic rings. The Kier molecular flexibility index (Phi) is 6.97. The van der Waals surface area contributed by atoms with Crippen LogP contribution in [0, 0.1) is 5.82 Å². The van der Waals surface area contributed by atoms with E-state index in [9.17, 15) is 22.7 Å². The molecule has 1 unspecified atom stereocenters. The molecule has 5 nitrogen and oxygen atoms in total. The lowest BCUT2D eigenvalue weighted by molar-refractivity contribution is -0.272. The molecule has 0 radical (unpaired) electrons. The lowest BCUT2D eigenvalue weighted by Crippen LogP contribution is -2.46. The molecular formula is C22H23F4N3O2. The predicted molar refractivity (Wildman–Crippen MR) is 107 cm³/mol. The molecule has 0 fully saturated rings. The van der Waals surface area contributed by atoms with Gasteiger partial charge in [0.1, 0.15) is 24.0 Å². The molecule has 0 aliphatic heterocycles. The van der Waals surface area contributed by atoms with Gasteiger partial charge in [-0.1, -0.05) is 30.3 Å². The van der Waals surface area contributed by atoms with Gasteiger partial charge in [-0.3, -0.25) is 0 Å². The molecule has 0 saturated heterocycles. The predicted octanol–water partition coefficient (Wildman–Crippen LogP) is 4.07. The van der Waals surface area contributed by atoms with Crippen molar-refractivity contribution in [2.45, 2.75) is 31.3 Å². The van der Waals surface area contributed by atoms with E-state index >= 15 is 0 Å². The Morgan fingerprint density at radius 2 is 1.81 bits per heavy atom. The Morgan fingerprint density at radius 1 is 1.10 bits per heavy atom. The van der Waals surface area contributed by atoms with Gasteiger partial charge in [-0.15, -0.1) is 0 Å². The summed E-state index contributed by atoms with van der Waals surface area (Å²) in [6, 6.07) is 13.3. The standard InChI is InChI=1S/C22H23F4N3O2/c1-29-13-12-28-20(29)21(30,22(24,25)26)10-11-27-14-16-6-8-18(9-7-16)31-15-17-4-2-3-5-19(17)23/h2-9,12-13,27,30H,10-11,14-15H2,1H3. The van der Waals surface area contributed by atoms with E-state index in [1.165, 1.54) is 25.5 Å². The van der Waals surface area contributed by atoms with Crippen LogP contribution in [-0.4, -0.2) is 27.4 Å². The molecule has 9 heteroatoms. The molecule has 2 N–H and O–H groups in total. The molecule has 2 aromatic carbocycles. The van der Waals surface area contributed by atoms with E-state index in [0.717, 1.165) is 10.1 Å². The second-order valence-corrected chi connectivity index (χ2v) is 7.17. The van der Waals surface area contributed by atoms with Crippen LogP contribution < -0.4 is 10.1 Å². The Hall–Kier alpha value is -2.91. The average Bonchev–Trinajstić information content (AvgIpc) is 3.17. The number of nitrogens with zero attached hydrogens (tertiary/aromatic N) is 2. The zero-order valence-electron chi connectivity index (χ0n) is 16.9. The number of nitrogens with one attached hydrogen (secondary N) is 1. The summed E-state index contributed by atoms with van der Waals surface area (Å²) in [5.74, 6) is -0.237. The van der Waals surface area contributed by atoms with Crippen LogP contribution in [-0.2, 0) is 25.8 Å². The summed E-state index contributed by atoms with van der Waals surface area (Å²) in [5.41, 5.74) is -1.77. The maximum Gasteiger partial charge on any atom is 0.424 e. The number of aliphatic hydroxyl groups is 1. The van der Waals surface area contributed by atoms with E-state index in [4.69, 9.17) is 4.74 Å². The highest BCUT2D eigenvalue weighted by Crippen LogP contribution is 2.40. The van der Waals surface area contributed by atoms with Crippen molar-refractivity contribution in [2.24, 2.45) is 7.05 Å². The van der Waals surface area contributed by atoms with Crippen LogP contribution in [0.5, 0.6) is 5.75 Å². The van der Waals surface area contributed by atoms with Gasteiger partial charge in [0.05, 0.1) is 0 Å². The third-order valence-corrected chi connectivity index (χ3v) is 4.93. The maximum atomic E-state index is 13.6. The fraction of sp³-hybridized carbons (Fsp3) is 0.318. The van der Waals surface area contributed by atoms with E-state index in [0.29, 0.717) is 17.9 Å². The first kappa shape index (κ1) is 22.8. The van der Waals surface area contributed by atoms with Crippen molar-refractivity contribution in [1.82, 2.24) is 14.9 Å². The second-order valence-electron chi connectivity index (χ2n) is 7.17. The minimum Gasteiger partial charge on any atom is -0.489 e. The highest BCUT2D eigenvalue weighted by atomic mass is 19.4. The molecule has 166 valence electrons. The quantitative estimate of drug-likeness (QED) is 0.392. The van der Waals surface area contributed by atoms with E-state index in [1.54, 1.807) is 42.5 Å². The molecular weight excluding hydrogens is 414 g/mol. The molecule has 0 spiro atoms. The number of rotatable bonds is 9. The van der Waals surface area contributed by atoms with E-state index in [1.807, 2.05) is 0 Å². The molecule has 1 aromatic heterocycles. The van der Waals surface area contributed by atoms with E-state index in [-0.39, 0.29) is 19.0 Å². The number of halogens is 4. The second kappa shape index (κ2) is 9.49. The van der Waals surface area contributed by atoms with Gasteiger partial charge in [0.2, 0.25) is 5.60 Å². The number of imidazole rings is 1. The largest absolute Gasteiger partial charge is 0.489 e. The Labute approximate surface area is 177 Å². The molecule has 0 saturated carbocycles. The van der Waals surface area contributed by atoms with Crippen LogP contribution >= 0.6 is 0 Å². The molecule has 3 rings (SSSR count). The summed E-state index contributed by atoms with van der Waals surface area (Å²) in [5, 5.41) is 13.2. The third-order valence-electron chi connectivity index (χ3n) is 4.93. The summed E-state index contributed by atoms with van der Waals surface area (Å²) in [7, 11) is 1.41. The summed E-state index contributed by atoms with van der Waals surface area (Å²) in [6.07, 6.45) is -2.86. The van der Waals surface area contributed by atoms with Gasteiger partial charge in [0.15, 0.2) is 0 Å². The van der Waals surface area contributed by atoms with Gasteiger partial charge in [-0.2, -0.15) is 13.2 Å². The highest BCUT2D eigenvalue weighted by molar-refractivity contribution is 5.28. The Balaban J connectivity index is 1.51. The molecule has 31 heavy (non-hydrogen) atoms. The van der Waals surface area contributed by atoms with Gasteiger partial charge in [-0.05, 0) is 30.3 Å². The summed E-state index contributed by atoms with van der Waals surface area (Å²) in [4.78, 5) is 3.67. The van der Waals surface area contributed by atoms with Crippen LogP contribution in [0.2, 0.25) is 0 Å². The maximum absolute atomic E-state index is 13.6. The highest BCUT2D eigenvalue weighted by Gasteiger charge is 2.56. The third kappa shape index (κ3) is 5.42. The number of alkyl halides is 3.